The molecule has 0 unspecified atom stereocenters. The zero-order valence-corrected chi connectivity index (χ0v) is 8.83. The minimum atomic E-state index is -0.169. The van der Waals surface area contributed by atoms with Crippen LogP contribution in [-0.2, 0) is 6.42 Å². The van der Waals surface area contributed by atoms with Crippen LogP contribution in [0, 0.1) is 12.7 Å². The van der Waals surface area contributed by atoms with E-state index in [1.54, 1.807) is 17.4 Å². The molecule has 14 heavy (non-hydrogen) atoms. The largest absolute Gasteiger partial charge is 0.330 e. The second kappa shape index (κ2) is 3.67. The average molecular weight is 209 g/mol. The summed E-state index contributed by atoms with van der Waals surface area (Å²) in [7, 11) is 0. The third-order valence-corrected chi connectivity index (χ3v) is 3.70. The van der Waals surface area contributed by atoms with Gasteiger partial charge in [0.1, 0.15) is 5.82 Å². The Bertz CT molecular complexity index is 462. The van der Waals surface area contributed by atoms with Gasteiger partial charge >= 0.3 is 0 Å². The quantitative estimate of drug-likeness (QED) is 0.808. The minimum Gasteiger partial charge on any atom is -0.330 e. The van der Waals surface area contributed by atoms with E-state index in [9.17, 15) is 4.39 Å². The van der Waals surface area contributed by atoms with Crippen LogP contribution < -0.4 is 5.73 Å². The second-order valence-corrected chi connectivity index (χ2v) is 4.47. The highest BCUT2D eigenvalue weighted by molar-refractivity contribution is 7.19. The molecule has 0 spiro atoms. The Morgan fingerprint density at radius 1 is 1.43 bits per heavy atom. The monoisotopic (exact) mass is 209 g/mol. The SMILES string of the molecule is Cc1c(CCN)sc2ccc(F)cc12. The van der Waals surface area contributed by atoms with Gasteiger partial charge in [-0.25, -0.2) is 4.39 Å². The smallest absolute Gasteiger partial charge is 0.123 e. The van der Waals surface area contributed by atoms with E-state index in [2.05, 4.69) is 0 Å². The summed E-state index contributed by atoms with van der Waals surface area (Å²) in [6, 6.07) is 4.94. The molecule has 1 heterocycles. The van der Waals surface area contributed by atoms with Crippen molar-refractivity contribution in [2.75, 3.05) is 6.54 Å². The number of thiophene rings is 1. The van der Waals surface area contributed by atoms with Crippen molar-refractivity contribution in [2.45, 2.75) is 13.3 Å². The molecular formula is C11H12FNS. The molecule has 3 heteroatoms. The Morgan fingerprint density at radius 3 is 2.93 bits per heavy atom. The zero-order valence-electron chi connectivity index (χ0n) is 8.01. The lowest BCUT2D eigenvalue weighted by Gasteiger charge is -1.94. The number of aryl methyl sites for hydroxylation is 1. The van der Waals surface area contributed by atoms with Gasteiger partial charge in [-0.2, -0.15) is 0 Å². The van der Waals surface area contributed by atoms with E-state index in [1.807, 2.05) is 13.0 Å². The van der Waals surface area contributed by atoms with Crippen LogP contribution in [0.3, 0.4) is 0 Å². The van der Waals surface area contributed by atoms with Crippen LogP contribution in [0.1, 0.15) is 10.4 Å². The van der Waals surface area contributed by atoms with Gasteiger partial charge < -0.3 is 5.73 Å². The number of rotatable bonds is 2. The van der Waals surface area contributed by atoms with Crippen LogP contribution in [0.2, 0.25) is 0 Å². The standard InChI is InChI=1S/C11H12FNS/c1-7-9-6-8(12)2-3-11(9)14-10(7)4-5-13/h2-3,6H,4-5,13H2,1H3. The molecule has 0 aliphatic carbocycles. The highest BCUT2D eigenvalue weighted by Crippen LogP contribution is 2.31. The molecular weight excluding hydrogens is 197 g/mol. The maximum absolute atomic E-state index is 13.0. The Hall–Kier alpha value is -0.930. The van der Waals surface area contributed by atoms with Gasteiger partial charge in [-0.15, -0.1) is 11.3 Å². The first-order valence-corrected chi connectivity index (χ1v) is 5.41. The Morgan fingerprint density at radius 2 is 2.21 bits per heavy atom. The fourth-order valence-electron chi connectivity index (χ4n) is 1.61. The highest BCUT2D eigenvalue weighted by Gasteiger charge is 2.07. The maximum Gasteiger partial charge on any atom is 0.123 e. The van der Waals surface area contributed by atoms with E-state index in [-0.39, 0.29) is 5.82 Å². The van der Waals surface area contributed by atoms with Gasteiger partial charge in [0.05, 0.1) is 0 Å². The number of hydrogen-bond donors (Lipinski definition) is 1. The first-order valence-electron chi connectivity index (χ1n) is 4.60. The predicted molar refractivity (Wildman–Crippen MR) is 59.3 cm³/mol. The molecule has 1 nitrogen and oxygen atoms in total. The molecule has 0 atom stereocenters. The van der Waals surface area contributed by atoms with Crippen molar-refractivity contribution in [3.05, 3.63) is 34.5 Å². The number of halogens is 1. The molecule has 0 aliphatic heterocycles. The molecule has 2 N–H and O–H groups in total. The normalized spacial score (nSPS) is 11.1. The summed E-state index contributed by atoms with van der Waals surface area (Å²) in [6.07, 6.45) is 0.882. The van der Waals surface area contributed by atoms with Gasteiger partial charge in [0.15, 0.2) is 0 Å². The molecule has 74 valence electrons. The third-order valence-electron chi connectivity index (χ3n) is 2.37. The van der Waals surface area contributed by atoms with Crippen molar-refractivity contribution in [2.24, 2.45) is 5.73 Å². The van der Waals surface area contributed by atoms with Crippen molar-refractivity contribution < 1.29 is 4.39 Å². The van der Waals surface area contributed by atoms with Crippen LogP contribution in [0.25, 0.3) is 10.1 Å². The van der Waals surface area contributed by atoms with E-state index in [4.69, 9.17) is 5.73 Å². The first-order chi connectivity index (χ1) is 6.72. The Kier molecular flexibility index (Phi) is 2.52. The van der Waals surface area contributed by atoms with Crippen molar-refractivity contribution in [1.82, 2.24) is 0 Å². The van der Waals surface area contributed by atoms with Crippen molar-refractivity contribution in [3.63, 3.8) is 0 Å². The summed E-state index contributed by atoms with van der Waals surface area (Å²) >= 11 is 1.71. The fraction of sp³-hybridized carbons (Fsp3) is 0.273. The van der Waals surface area contributed by atoms with Crippen LogP contribution in [0.4, 0.5) is 4.39 Å². The average Bonchev–Trinajstić information content (AvgIpc) is 2.46. The lowest BCUT2D eigenvalue weighted by atomic mass is 10.1. The van der Waals surface area contributed by atoms with E-state index in [0.717, 1.165) is 16.5 Å². The van der Waals surface area contributed by atoms with Crippen molar-refractivity contribution in [1.29, 1.82) is 0 Å². The maximum atomic E-state index is 13.0. The molecule has 1 aromatic carbocycles. The molecule has 0 bridgehead atoms. The first kappa shape index (κ1) is 9.62. The van der Waals surface area contributed by atoms with Gasteiger partial charge in [0.2, 0.25) is 0 Å². The summed E-state index contributed by atoms with van der Waals surface area (Å²) in [4.78, 5) is 1.27. The van der Waals surface area contributed by atoms with Crippen molar-refractivity contribution in [3.8, 4) is 0 Å². The molecule has 0 aliphatic rings. The van der Waals surface area contributed by atoms with E-state index in [1.165, 1.54) is 16.5 Å². The third kappa shape index (κ3) is 1.53. The van der Waals surface area contributed by atoms with E-state index in [0.29, 0.717) is 6.54 Å². The molecule has 0 saturated heterocycles. The molecule has 0 fully saturated rings. The zero-order chi connectivity index (χ0) is 10.1. The summed E-state index contributed by atoms with van der Waals surface area (Å²) < 4.78 is 14.1. The van der Waals surface area contributed by atoms with E-state index >= 15 is 0 Å². The van der Waals surface area contributed by atoms with Crippen molar-refractivity contribution >= 4 is 21.4 Å². The van der Waals surface area contributed by atoms with Crippen LogP contribution >= 0.6 is 11.3 Å². The number of nitrogens with two attached hydrogens (primary N) is 1. The van der Waals surface area contributed by atoms with Crippen LogP contribution in [0.5, 0.6) is 0 Å². The lowest BCUT2D eigenvalue weighted by Crippen LogP contribution is -2.01. The van der Waals surface area contributed by atoms with Crippen LogP contribution in [-0.4, -0.2) is 6.54 Å². The highest BCUT2D eigenvalue weighted by atomic mass is 32.1. The van der Waals surface area contributed by atoms with Gasteiger partial charge in [-0.3, -0.25) is 0 Å². The summed E-state index contributed by atoms with van der Waals surface area (Å²) in [5.41, 5.74) is 6.69. The number of hydrogen-bond acceptors (Lipinski definition) is 2. The number of fused-ring (bicyclic) bond motifs is 1. The Balaban J connectivity index is 2.62. The predicted octanol–water partition coefficient (Wildman–Crippen LogP) is 2.85. The number of benzene rings is 1. The summed E-state index contributed by atoms with van der Waals surface area (Å²) in [5, 5.41) is 1.03. The summed E-state index contributed by atoms with van der Waals surface area (Å²) in [6.45, 7) is 2.68. The topological polar surface area (TPSA) is 26.0 Å². The van der Waals surface area contributed by atoms with Gasteiger partial charge in [-0.05, 0) is 49.0 Å². The van der Waals surface area contributed by atoms with Gasteiger partial charge in [0.25, 0.3) is 0 Å². The molecule has 0 radical (unpaired) electrons. The van der Waals surface area contributed by atoms with Crippen LogP contribution in [0.15, 0.2) is 18.2 Å². The molecule has 2 rings (SSSR count). The van der Waals surface area contributed by atoms with Gasteiger partial charge in [0, 0.05) is 9.58 Å². The molecule has 1 aromatic heterocycles. The Labute approximate surface area is 86.4 Å². The molecule has 2 aromatic rings. The summed E-state index contributed by atoms with van der Waals surface area (Å²) in [5.74, 6) is -0.169. The lowest BCUT2D eigenvalue weighted by molar-refractivity contribution is 0.630. The van der Waals surface area contributed by atoms with Gasteiger partial charge in [-0.1, -0.05) is 0 Å². The molecule has 0 saturated carbocycles. The van der Waals surface area contributed by atoms with E-state index < -0.39 is 0 Å². The fourth-order valence-corrected chi connectivity index (χ4v) is 2.82. The minimum absolute atomic E-state index is 0.169. The second-order valence-electron chi connectivity index (χ2n) is 3.33. The molecule has 0 amide bonds.